The Balaban J connectivity index is 2.16. The summed E-state index contributed by atoms with van der Waals surface area (Å²) in [5, 5.41) is 24.4. The standard InChI is InChI=1S/C16H15F2N3O4/c1-9(11-3-5-15(20(22)23)13(17)7-11)19-10(2)12-4-6-16(21(24)25)14(18)8-12/h3-10,19H,1-2H3/t9-,10?/m0/s1. The fourth-order valence-electron chi connectivity index (χ4n) is 2.45. The van der Waals surface area contributed by atoms with Crippen LogP contribution in [0.2, 0.25) is 0 Å². The molecule has 9 heteroatoms. The molecule has 0 heterocycles. The van der Waals surface area contributed by atoms with Crippen LogP contribution in [0.5, 0.6) is 0 Å². The van der Waals surface area contributed by atoms with Crippen molar-refractivity contribution >= 4 is 11.4 Å². The Bertz CT molecular complexity index is 762. The van der Waals surface area contributed by atoms with Gasteiger partial charge in [-0.2, -0.15) is 8.78 Å². The summed E-state index contributed by atoms with van der Waals surface area (Å²) in [6.07, 6.45) is 0. The lowest BCUT2D eigenvalue weighted by Crippen LogP contribution is -2.22. The molecule has 0 radical (unpaired) electrons. The van der Waals surface area contributed by atoms with Gasteiger partial charge in [0, 0.05) is 24.2 Å². The van der Waals surface area contributed by atoms with E-state index in [1.807, 2.05) is 0 Å². The lowest BCUT2D eigenvalue weighted by Gasteiger charge is -2.21. The van der Waals surface area contributed by atoms with Crippen LogP contribution in [0.3, 0.4) is 0 Å². The van der Waals surface area contributed by atoms with Crippen LogP contribution >= 0.6 is 0 Å². The molecular weight excluding hydrogens is 336 g/mol. The Kier molecular flexibility index (Phi) is 5.38. The van der Waals surface area contributed by atoms with E-state index in [1.54, 1.807) is 13.8 Å². The predicted molar refractivity (Wildman–Crippen MR) is 86.1 cm³/mol. The summed E-state index contributed by atoms with van der Waals surface area (Å²) in [6, 6.07) is 6.40. The van der Waals surface area contributed by atoms with E-state index in [4.69, 9.17) is 0 Å². The summed E-state index contributed by atoms with van der Waals surface area (Å²) in [6.45, 7) is 3.44. The number of nitro benzene ring substituents is 2. The number of benzene rings is 2. The molecular formula is C16H15F2N3O4. The van der Waals surface area contributed by atoms with Crippen molar-refractivity contribution in [1.82, 2.24) is 5.32 Å². The van der Waals surface area contributed by atoms with E-state index in [0.29, 0.717) is 11.1 Å². The normalized spacial score (nSPS) is 13.3. The van der Waals surface area contributed by atoms with Gasteiger partial charge in [0.2, 0.25) is 11.6 Å². The van der Waals surface area contributed by atoms with Crippen LogP contribution in [0.4, 0.5) is 20.2 Å². The van der Waals surface area contributed by atoms with E-state index in [2.05, 4.69) is 5.32 Å². The van der Waals surface area contributed by atoms with E-state index in [9.17, 15) is 29.0 Å². The van der Waals surface area contributed by atoms with Crippen LogP contribution in [-0.4, -0.2) is 9.85 Å². The van der Waals surface area contributed by atoms with Crippen molar-refractivity contribution in [3.8, 4) is 0 Å². The van der Waals surface area contributed by atoms with Crippen molar-refractivity contribution in [2.45, 2.75) is 25.9 Å². The second-order valence-electron chi connectivity index (χ2n) is 5.55. The zero-order valence-electron chi connectivity index (χ0n) is 13.4. The van der Waals surface area contributed by atoms with Crippen LogP contribution in [0, 0.1) is 31.9 Å². The van der Waals surface area contributed by atoms with E-state index in [0.717, 1.165) is 24.3 Å². The number of rotatable bonds is 6. The number of hydrogen-bond acceptors (Lipinski definition) is 5. The van der Waals surface area contributed by atoms with Crippen molar-refractivity contribution in [3.05, 3.63) is 79.4 Å². The molecule has 2 rings (SSSR count). The van der Waals surface area contributed by atoms with E-state index in [-0.39, 0.29) is 12.1 Å². The highest BCUT2D eigenvalue weighted by atomic mass is 19.1. The Morgan fingerprint density at radius 1 is 0.840 bits per heavy atom. The minimum absolute atomic E-state index is 0.386. The molecule has 0 amide bonds. The summed E-state index contributed by atoms with van der Waals surface area (Å²) in [7, 11) is 0. The summed E-state index contributed by atoms with van der Waals surface area (Å²) in [5.41, 5.74) is -0.252. The predicted octanol–water partition coefficient (Wildman–Crippen LogP) is 4.19. The lowest BCUT2D eigenvalue weighted by atomic mass is 10.0. The third-order valence-corrected chi connectivity index (χ3v) is 3.84. The molecule has 7 nitrogen and oxygen atoms in total. The lowest BCUT2D eigenvalue weighted by molar-refractivity contribution is -0.387. The zero-order chi connectivity index (χ0) is 18.7. The minimum atomic E-state index is -0.940. The second-order valence-corrected chi connectivity index (χ2v) is 5.55. The molecule has 2 aromatic rings. The van der Waals surface area contributed by atoms with Crippen molar-refractivity contribution in [3.63, 3.8) is 0 Å². The molecule has 1 N–H and O–H groups in total. The monoisotopic (exact) mass is 351 g/mol. The van der Waals surface area contributed by atoms with Crippen molar-refractivity contribution in [2.24, 2.45) is 0 Å². The molecule has 0 aliphatic rings. The van der Waals surface area contributed by atoms with Gasteiger partial charge in [-0.25, -0.2) is 0 Å². The van der Waals surface area contributed by atoms with Crippen LogP contribution in [-0.2, 0) is 0 Å². The summed E-state index contributed by atoms with van der Waals surface area (Å²) in [5.74, 6) is -1.88. The maximum absolute atomic E-state index is 13.7. The Morgan fingerprint density at radius 3 is 1.48 bits per heavy atom. The molecule has 0 aliphatic carbocycles. The van der Waals surface area contributed by atoms with E-state index in [1.165, 1.54) is 12.1 Å². The van der Waals surface area contributed by atoms with E-state index < -0.39 is 32.9 Å². The first-order chi connectivity index (χ1) is 11.7. The highest BCUT2D eigenvalue weighted by Gasteiger charge is 2.19. The van der Waals surface area contributed by atoms with Crippen LogP contribution in [0.15, 0.2) is 36.4 Å². The molecule has 0 aliphatic heterocycles. The van der Waals surface area contributed by atoms with Gasteiger partial charge in [0.25, 0.3) is 0 Å². The molecule has 0 saturated carbocycles. The number of nitro groups is 2. The first kappa shape index (κ1) is 18.4. The maximum atomic E-state index is 13.7. The van der Waals surface area contributed by atoms with Crippen molar-refractivity contribution in [1.29, 1.82) is 0 Å². The van der Waals surface area contributed by atoms with Gasteiger partial charge < -0.3 is 5.32 Å². The summed E-state index contributed by atoms with van der Waals surface area (Å²) < 4.78 is 27.4. The van der Waals surface area contributed by atoms with Gasteiger partial charge in [-0.3, -0.25) is 20.2 Å². The quantitative estimate of drug-likeness (QED) is 0.621. The van der Waals surface area contributed by atoms with Crippen LogP contribution < -0.4 is 5.32 Å². The Hall–Kier alpha value is -2.94. The van der Waals surface area contributed by atoms with Gasteiger partial charge in [-0.05, 0) is 37.1 Å². The Morgan fingerprint density at radius 2 is 1.20 bits per heavy atom. The molecule has 1 unspecified atom stereocenters. The number of halogens is 2. The maximum Gasteiger partial charge on any atom is 0.304 e. The smallest absolute Gasteiger partial charge is 0.304 e. The summed E-state index contributed by atoms with van der Waals surface area (Å²) in [4.78, 5) is 19.7. The molecule has 132 valence electrons. The zero-order valence-corrected chi connectivity index (χ0v) is 13.4. The van der Waals surface area contributed by atoms with Gasteiger partial charge in [-0.15, -0.1) is 0 Å². The second kappa shape index (κ2) is 7.31. The van der Waals surface area contributed by atoms with Gasteiger partial charge in [0.05, 0.1) is 9.85 Å². The molecule has 25 heavy (non-hydrogen) atoms. The highest BCUT2D eigenvalue weighted by molar-refractivity contribution is 5.37. The molecule has 0 spiro atoms. The fourth-order valence-corrected chi connectivity index (χ4v) is 2.45. The molecule has 0 fully saturated rings. The van der Waals surface area contributed by atoms with Gasteiger partial charge >= 0.3 is 11.4 Å². The van der Waals surface area contributed by atoms with E-state index >= 15 is 0 Å². The van der Waals surface area contributed by atoms with Crippen molar-refractivity contribution in [2.75, 3.05) is 0 Å². The average molecular weight is 351 g/mol. The fraction of sp³-hybridized carbons (Fsp3) is 0.250. The topological polar surface area (TPSA) is 98.3 Å². The minimum Gasteiger partial charge on any atom is -0.304 e. The molecule has 2 atom stereocenters. The third kappa shape index (κ3) is 4.13. The third-order valence-electron chi connectivity index (χ3n) is 3.84. The van der Waals surface area contributed by atoms with Gasteiger partial charge in [-0.1, -0.05) is 12.1 Å². The number of nitrogens with one attached hydrogen (secondary N) is 1. The molecule has 0 bridgehead atoms. The van der Waals surface area contributed by atoms with Gasteiger partial charge in [0.15, 0.2) is 0 Å². The van der Waals surface area contributed by atoms with Gasteiger partial charge in [0.1, 0.15) is 0 Å². The first-order valence-corrected chi connectivity index (χ1v) is 7.34. The number of nitrogens with zero attached hydrogens (tertiary/aromatic N) is 2. The highest BCUT2D eigenvalue weighted by Crippen LogP contribution is 2.26. The number of hydrogen-bond donors (Lipinski definition) is 1. The largest absolute Gasteiger partial charge is 0.304 e. The SMILES string of the molecule is CC(N[C@@H](C)c1ccc([N+](=O)[O-])c(F)c1)c1ccc([N+](=O)[O-])c(F)c1. The Labute approximate surface area is 141 Å². The summed E-state index contributed by atoms with van der Waals surface area (Å²) >= 11 is 0. The molecule has 2 aromatic carbocycles. The van der Waals surface area contributed by atoms with Crippen LogP contribution in [0.25, 0.3) is 0 Å². The van der Waals surface area contributed by atoms with Crippen LogP contribution in [0.1, 0.15) is 37.1 Å². The molecule has 0 saturated heterocycles. The average Bonchev–Trinajstić information content (AvgIpc) is 2.53. The molecule has 0 aromatic heterocycles. The first-order valence-electron chi connectivity index (χ1n) is 7.34. The van der Waals surface area contributed by atoms with Crippen molar-refractivity contribution < 1.29 is 18.6 Å².